The second-order valence-corrected chi connectivity index (χ2v) is 3.50. The van der Waals surface area contributed by atoms with Crippen molar-refractivity contribution in [2.75, 3.05) is 19.8 Å². The van der Waals surface area contributed by atoms with Crippen molar-refractivity contribution < 1.29 is 13.5 Å². The number of hydrogen-bond acceptors (Lipinski definition) is 2. The molecule has 0 radical (unpaired) electrons. The fourth-order valence-electron chi connectivity index (χ4n) is 1.56. The molecule has 0 aliphatic heterocycles. The highest BCUT2D eigenvalue weighted by Crippen LogP contribution is 2.26. The number of rotatable bonds is 6. The predicted molar refractivity (Wildman–Crippen MR) is 60.0 cm³/mol. The van der Waals surface area contributed by atoms with Crippen LogP contribution in [0, 0.1) is 5.82 Å². The zero-order chi connectivity index (χ0) is 12.0. The zero-order valence-electron chi connectivity index (χ0n) is 9.59. The molecule has 0 spiro atoms. The molecule has 0 saturated carbocycles. The van der Waals surface area contributed by atoms with E-state index in [0.717, 1.165) is 12.1 Å². The molecule has 0 aliphatic rings. The van der Waals surface area contributed by atoms with Crippen LogP contribution in [0.3, 0.4) is 0 Å². The molecule has 90 valence electrons. The Labute approximate surface area is 94.6 Å². The van der Waals surface area contributed by atoms with Crippen LogP contribution in [0.5, 0.6) is 5.75 Å². The molecular formula is C12H17F2NO. The van der Waals surface area contributed by atoms with Gasteiger partial charge in [-0.25, -0.2) is 8.78 Å². The van der Waals surface area contributed by atoms with Crippen LogP contribution in [0.15, 0.2) is 18.2 Å². The van der Waals surface area contributed by atoms with Crippen LogP contribution in [0.2, 0.25) is 0 Å². The number of hydrogen-bond donors (Lipinski definition) is 1. The van der Waals surface area contributed by atoms with Gasteiger partial charge < -0.3 is 10.1 Å². The van der Waals surface area contributed by atoms with Crippen molar-refractivity contribution in [2.45, 2.75) is 19.9 Å². The molecule has 2 nitrogen and oxygen atoms in total. The highest BCUT2D eigenvalue weighted by molar-refractivity contribution is 5.36. The topological polar surface area (TPSA) is 21.3 Å². The molecule has 1 rings (SSSR count). The monoisotopic (exact) mass is 229 g/mol. The van der Waals surface area contributed by atoms with Gasteiger partial charge in [0.2, 0.25) is 0 Å². The molecule has 0 fully saturated rings. The smallest absolute Gasteiger partial charge is 0.127 e. The summed E-state index contributed by atoms with van der Waals surface area (Å²) in [5, 5.41) is 3.20. The second-order valence-electron chi connectivity index (χ2n) is 3.50. The van der Waals surface area contributed by atoms with Crippen molar-refractivity contribution in [1.82, 2.24) is 5.32 Å². The standard InChI is InChI=1S/C12H17F2NO/c1-3-15-9(2)11-5-4-10(14)8-12(11)16-7-6-13/h4-5,8-9,15H,3,6-7H2,1-2H3. The lowest BCUT2D eigenvalue weighted by atomic mass is 10.1. The first-order chi connectivity index (χ1) is 7.69. The maximum atomic E-state index is 13.0. The van der Waals surface area contributed by atoms with E-state index in [4.69, 9.17) is 4.74 Å². The third kappa shape index (κ3) is 3.45. The number of alkyl halides is 1. The minimum absolute atomic E-state index is 0.0463. The Hall–Kier alpha value is -1.16. The van der Waals surface area contributed by atoms with E-state index in [1.54, 1.807) is 6.07 Å². The zero-order valence-corrected chi connectivity index (χ0v) is 9.59. The number of ether oxygens (including phenoxy) is 1. The fraction of sp³-hybridized carbons (Fsp3) is 0.500. The first kappa shape index (κ1) is 12.9. The SMILES string of the molecule is CCNC(C)c1ccc(F)cc1OCCF. The quantitative estimate of drug-likeness (QED) is 0.809. The second kappa shape index (κ2) is 6.43. The van der Waals surface area contributed by atoms with Crippen molar-refractivity contribution >= 4 is 0 Å². The van der Waals surface area contributed by atoms with Gasteiger partial charge in [0, 0.05) is 17.7 Å². The molecule has 1 N–H and O–H groups in total. The molecule has 0 amide bonds. The molecular weight excluding hydrogens is 212 g/mol. The van der Waals surface area contributed by atoms with E-state index in [0.29, 0.717) is 5.75 Å². The molecule has 0 aliphatic carbocycles. The third-order valence-corrected chi connectivity index (χ3v) is 2.29. The average molecular weight is 229 g/mol. The summed E-state index contributed by atoms with van der Waals surface area (Å²) in [4.78, 5) is 0. The average Bonchev–Trinajstić information content (AvgIpc) is 2.26. The van der Waals surface area contributed by atoms with Crippen molar-refractivity contribution in [3.05, 3.63) is 29.6 Å². The Morgan fingerprint density at radius 2 is 2.19 bits per heavy atom. The van der Waals surface area contributed by atoms with Gasteiger partial charge in [0.15, 0.2) is 0 Å². The maximum Gasteiger partial charge on any atom is 0.127 e. The lowest BCUT2D eigenvalue weighted by Crippen LogP contribution is -2.18. The Morgan fingerprint density at radius 3 is 2.81 bits per heavy atom. The molecule has 1 aromatic rings. The van der Waals surface area contributed by atoms with Crippen LogP contribution in [0.4, 0.5) is 8.78 Å². The summed E-state index contributed by atoms with van der Waals surface area (Å²) in [5.41, 5.74) is 0.844. The molecule has 16 heavy (non-hydrogen) atoms. The molecule has 1 unspecified atom stereocenters. The van der Waals surface area contributed by atoms with E-state index in [-0.39, 0.29) is 18.5 Å². The first-order valence-corrected chi connectivity index (χ1v) is 5.40. The largest absolute Gasteiger partial charge is 0.490 e. The van der Waals surface area contributed by atoms with E-state index in [9.17, 15) is 8.78 Å². The minimum atomic E-state index is -0.578. The molecule has 0 aromatic heterocycles. The third-order valence-electron chi connectivity index (χ3n) is 2.29. The van der Waals surface area contributed by atoms with Gasteiger partial charge in [-0.15, -0.1) is 0 Å². The van der Waals surface area contributed by atoms with Crippen LogP contribution < -0.4 is 10.1 Å². The Balaban J connectivity index is 2.88. The van der Waals surface area contributed by atoms with Crippen molar-refractivity contribution in [1.29, 1.82) is 0 Å². The molecule has 1 atom stereocenters. The summed E-state index contributed by atoms with van der Waals surface area (Å²) in [6.07, 6.45) is 0. The molecule has 0 bridgehead atoms. The van der Waals surface area contributed by atoms with Gasteiger partial charge in [-0.3, -0.25) is 0 Å². The van der Waals surface area contributed by atoms with Crippen LogP contribution in [0.1, 0.15) is 25.5 Å². The van der Waals surface area contributed by atoms with Gasteiger partial charge in [0.1, 0.15) is 24.8 Å². The highest BCUT2D eigenvalue weighted by atomic mass is 19.1. The maximum absolute atomic E-state index is 13.0. The summed E-state index contributed by atoms with van der Waals surface area (Å²) in [6, 6.07) is 4.39. The Kier molecular flexibility index (Phi) is 5.19. The van der Waals surface area contributed by atoms with Crippen LogP contribution in [-0.2, 0) is 0 Å². The summed E-state index contributed by atoms with van der Waals surface area (Å²) < 4.78 is 30.2. The van der Waals surface area contributed by atoms with Gasteiger partial charge in [-0.2, -0.15) is 0 Å². The van der Waals surface area contributed by atoms with E-state index in [2.05, 4.69) is 5.32 Å². The van der Waals surface area contributed by atoms with Crippen LogP contribution >= 0.6 is 0 Å². The molecule has 0 heterocycles. The number of halogens is 2. The van der Waals surface area contributed by atoms with Gasteiger partial charge in [-0.05, 0) is 19.5 Å². The summed E-state index contributed by atoms with van der Waals surface area (Å²) >= 11 is 0. The lowest BCUT2D eigenvalue weighted by molar-refractivity contribution is 0.268. The highest BCUT2D eigenvalue weighted by Gasteiger charge is 2.11. The normalized spacial score (nSPS) is 12.5. The number of benzene rings is 1. The molecule has 4 heteroatoms. The van der Waals surface area contributed by atoms with Crippen molar-refractivity contribution in [2.24, 2.45) is 0 Å². The summed E-state index contributed by atoms with van der Waals surface area (Å²) in [7, 11) is 0. The van der Waals surface area contributed by atoms with Crippen molar-refractivity contribution in [3.8, 4) is 5.75 Å². The minimum Gasteiger partial charge on any atom is -0.490 e. The first-order valence-electron chi connectivity index (χ1n) is 5.40. The van der Waals surface area contributed by atoms with E-state index >= 15 is 0 Å². The van der Waals surface area contributed by atoms with Gasteiger partial charge in [-0.1, -0.05) is 13.0 Å². The summed E-state index contributed by atoms with van der Waals surface area (Å²) in [6.45, 7) is 4.13. The fourth-order valence-corrected chi connectivity index (χ4v) is 1.56. The van der Waals surface area contributed by atoms with Gasteiger partial charge in [0.25, 0.3) is 0 Å². The lowest BCUT2D eigenvalue weighted by Gasteiger charge is -2.17. The Bertz CT molecular complexity index is 331. The number of nitrogens with one attached hydrogen (secondary N) is 1. The Morgan fingerprint density at radius 1 is 1.44 bits per heavy atom. The molecule has 1 aromatic carbocycles. The van der Waals surface area contributed by atoms with Crippen molar-refractivity contribution in [3.63, 3.8) is 0 Å². The van der Waals surface area contributed by atoms with E-state index < -0.39 is 6.67 Å². The van der Waals surface area contributed by atoms with Gasteiger partial charge in [0.05, 0.1) is 0 Å². The van der Waals surface area contributed by atoms with Crippen LogP contribution in [0.25, 0.3) is 0 Å². The van der Waals surface area contributed by atoms with Gasteiger partial charge >= 0.3 is 0 Å². The van der Waals surface area contributed by atoms with Crippen LogP contribution in [-0.4, -0.2) is 19.8 Å². The van der Waals surface area contributed by atoms with E-state index in [1.807, 2.05) is 13.8 Å². The summed E-state index contributed by atoms with van der Waals surface area (Å²) in [5.74, 6) is 0.0346. The predicted octanol–water partition coefficient (Wildman–Crippen LogP) is 2.84. The molecule has 0 saturated heterocycles. The van der Waals surface area contributed by atoms with E-state index in [1.165, 1.54) is 12.1 Å².